The first-order valence-electron chi connectivity index (χ1n) is 9.20. The molecular weight excluding hydrogens is 344 g/mol. The SMILES string of the molecule is COc1ccc(OCCN2CCN(c3ccccc3OC)CC2)cc1OC. The van der Waals surface area contributed by atoms with Gasteiger partial charge in [0.05, 0.1) is 27.0 Å². The van der Waals surface area contributed by atoms with E-state index in [2.05, 4.69) is 21.9 Å². The first kappa shape index (κ1) is 19.2. The van der Waals surface area contributed by atoms with Crippen molar-refractivity contribution in [3.05, 3.63) is 42.5 Å². The highest BCUT2D eigenvalue weighted by Crippen LogP contribution is 2.31. The molecule has 0 aliphatic carbocycles. The number of methoxy groups -OCH3 is 3. The standard InChI is InChI=1S/C21H28N2O4/c1-24-19-7-5-4-6-18(19)23-12-10-22(11-13-23)14-15-27-17-8-9-20(25-2)21(16-17)26-3/h4-9,16H,10-15H2,1-3H3. The maximum Gasteiger partial charge on any atom is 0.164 e. The highest BCUT2D eigenvalue weighted by Gasteiger charge is 2.19. The van der Waals surface area contributed by atoms with Gasteiger partial charge in [0.15, 0.2) is 11.5 Å². The molecule has 0 spiro atoms. The number of hydrogen-bond donors (Lipinski definition) is 0. The Morgan fingerprint density at radius 2 is 1.48 bits per heavy atom. The monoisotopic (exact) mass is 372 g/mol. The van der Waals surface area contributed by atoms with E-state index in [9.17, 15) is 0 Å². The fraction of sp³-hybridized carbons (Fsp3) is 0.429. The van der Waals surface area contributed by atoms with Crippen LogP contribution in [0.3, 0.4) is 0 Å². The Kier molecular flexibility index (Phi) is 6.65. The van der Waals surface area contributed by atoms with Crippen LogP contribution in [0.4, 0.5) is 5.69 Å². The summed E-state index contributed by atoms with van der Waals surface area (Å²) < 4.78 is 21.9. The molecule has 146 valence electrons. The van der Waals surface area contributed by atoms with E-state index in [1.165, 1.54) is 5.69 Å². The molecule has 2 aromatic carbocycles. The second-order valence-corrected chi connectivity index (χ2v) is 6.37. The summed E-state index contributed by atoms with van der Waals surface area (Å²) in [6.07, 6.45) is 0. The van der Waals surface area contributed by atoms with Gasteiger partial charge < -0.3 is 23.8 Å². The lowest BCUT2D eigenvalue weighted by Gasteiger charge is -2.36. The quantitative estimate of drug-likeness (QED) is 0.710. The summed E-state index contributed by atoms with van der Waals surface area (Å²) in [5.74, 6) is 3.11. The van der Waals surface area contributed by atoms with Crippen molar-refractivity contribution >= 4 is 5.69 Å². The van der Waals surface area contributed by atoms with Crippen molar-refractivity contribution in [2.75, 3.05) is 65.6 Å². The lowest BCUT2D eigenvalue weighted by atomic mass is 10.2. The van der Waals surface area contributed by atoms with Crippen LogP contribution in [0.1, 0.15) is 0 Å². The Hall–Kier alpha value is -2.60. The molecule has 0 amide bonds. The second kappa shape index (κ2) is 9.37. The van der Waals surface area contributed by atoms with Gasteiger partial charge in [0.2, 0.25) is 0 Å². The molecule has 6 heteroatoms. The summed E-state index contributed by atoms with van der Waals surface area (Å²) >= 11 is 0. The van der Waals surface area contributed by atoms with Crippen molar-refractivity contribution < 1.29 is 18.9 Å². The third-order valence-corrected chi connectivity index (χ3v) is 4.83. The van der Waals surface area contributed by atoms with Crippen molar-refractivity contribution in [3.63, 3.8) is 0 Å². The molecule has 2 aromatic rings. The first-order valence-corrected chi connectivity index (χ1v) is 9.20. The van der Waals surface area contributed by atoms with Gasteiger partial charge in [-0.05, 0) is 24.3 Å². The average molecular weight is 372 g/mol. The molecule has 1 heterocycles. The van der Waals surface area contributed by atoms with Gasteiger partial charge in [-0.25, -0.2) is 0 Å². The Morgan fingerprint density at radius 1 is 0.778 bits per heavy atom. The summed E-state index contributed by atoms with van der Waals surface area (Å²) in [6, 6.07) is 13.8. The first-order chi connectivity index (χ1) is 13.2. The lowest BCUT2D eigenvalue weighted by molar-refractivity contribution is 0.200. The van der Waals surface area contributed by atoms with Gasteiger partial charge in [0, 0.05) is 38.8 Å². The zero-order chi connectivity index (χ0) is 19.1. The smallest absolute Gasteiger partial charge is 0.164 e. The number of benzene rings is 2. The molecule has 1 fully saturated rings. The van der Waals surface area contributed by atoms with Crippen LogP contribution in [0, 0.1) is 0 Å². The molecule has 1 saturated heterocycles. The molecule has 27 heavy (non-hydrogen) atoms. The molecule has 0 N–H and O–H groups in total. The van der Waals surface area contributed by atoms with E-state index in [1.54, 1.807) is 21.3 Å². The number of hydrogen-bond acceptors (Lipinski definition) is 6. The van der Waals surface area contributed by atoms with Crippen LogP contribution >= 0.6 is 0 Å². The number of anilines is 1. The molecule has 0 unspecified atom stereocenters. The minimum Gasteiger partial charge on any atom is -0.495 e. The molecule has 6 nitrogen and oxygen atoms in total. The zero-order valence-electron chi connectivity index (χ0n) is 16.3. The average Bonchev–Trinajstić information content (AvgIpc) is 2.74. The third kappa shape index (κ3) is 4.77. The number of rotatable bonds is 8. The van der Waals surface area contributed by atoms with Crippen LogP contribution in [0.25, 0.3) is 0 Å². The predicted octanol–water partition coefficient (Wildman–Crippen LogP) is 2.91. The minimum absolute atomic E-state index is 0.643. The van der Waals surface area contributed by atoms with Crippen molar-refractivity contribution in [2.45, 2.75) is 0 Å². The van der Waals surface area contributed by atoms with Crippen LogP contribution in [0.5, 0.6) is 23.0 Å². The topological polar surface area (TPSA) is 43.4 Å². The molecule has 3 rings (SSSR count). The summed E-state index contributed by atoms with van der Waals surface area (Å²) in [6.45, 7) is 5.52. The van der Waals surface area contributed by atoms with Gasteiger partial charge in [-0.2, -0.15) is 0 Å². The Labute approximate surface area is 161 Å². The van der Waals surface area contributed by atoms with Gasteiger partial charge in [-0.3, -0.25) is 4.90 Å². The fourth-order valence-corrected chi connectivity index (χ4v) is 3.30. The van der Waals surface area contributed by atoms with E-state index in [0.717, 1.165) is 44.2 Å². The summed E-state index contributed by atoms with van der Waals surface area (Å²) in [7, 11) is 4.98. The van der Waals surface area contributed by atoms with E-state index in [4.69, 9.17) is 18.9 Å². The van der Waals surface area contributed by atoms with E-state index < -0.39 is 0 Å². The van der Waals surface area contributed by atoms with Gasteiger partial charge >= 0.3 is 0 Å². The second-order valence-electron chi connectivity index (χ2n) is 6.37. The molecule has 1 aliphatic rings. The van der Waals surface area contributed by atoms with Crippen LogP contribution in [0.2, 0.25) is 0 Å². The third-order valence-electron chi connectivity index (χ3n) is 4.83. The van der Waals surface area contributed by atoms with E-state index in [1.807, 2.05) is 30.3 Å². The Morgan fingerprint density at radius 3 is 2.19 bits per heavy atom. The number of nitrogens with zero attached hydrogens (tertiary/aromatic N) is 2. The van der Waals surface area contributed by atoms with Crippen LogP contribution in [-0.4, -0.2) is 65.6 Å². The fourth-order valence-electron chi connectivity index (χ4n) is 3.30. The van der Waals surface area contributed by atoms with E-state index in [0.29, 0.717) is 18.1 Å². The Bertz CT molecular complexity index is 730. The summed E-state index contributed by atoms with van der Waals surface area (Å²) in [4.78, 5) is 4.80. The predicted molar refractivity (Wildman–Crippen MR) is 107 cm³/mol. The molecule has 0 saturated carbocycles. The minimum atomic E-state index is 0.643. The highest BCUT2D eigenvalue weighted by atomic mass is 16.5. The number of ether oxygens (including phenoxy) is 4. The largest absolute Gasteiger partial charge is 0.495 e. The van der Waals surface area contributed by atoms with Gasteiger partial charge in [-0.1, -0.05) is 12.1 Å². The molecule has 0 radical (unpaired) electrons. The van der Waals surface area contributed by atoms with Gasteiger partial charge in [0.25, 0.3) is 0 Å². The van der Waals surface area contributed by atoms with Crippen molar-refractivity contribution in [2.24, 2.45) is 0 Å². The zero-order valence-corrected chi connectivity index (χ0v) is 16.3. The van der Waals surface area contributed by atoms with Crippen LogP contribution < -0.4 is 23.8 Å². The number of piperazine rings is 1. The van der Waals surface area contributed by atoms with Crippen molar-refractivity contribution in [1.82, 2.24) is 4.90 Å². The molecule has 0 aromatic heterocycles. The molecular formula is C21H28N2O4. The van der Waals surface area contributed by atoms with Crippen molar-refractivity contribution in [1.29, 1.82) is 0 Å². The normalized spacial score (nSPS) is 14.7. The molecule has 1 aliphatic heterocycles. The van der Waals surface area contributed by atoms with E-state index in [-0.39, 0.29) is 0 Å². The van der Waals surface area contributed by atoms with Crippen molar-refractivity contribution in [3.8, 4) is 23.0 Å². The molecule has 0 bridgehead atoms. The maximum absolute atomic E-state index is 5.89. The number of para-hydroxylation sites is 2. The van der Waals surface area contributed by atoms with Crippen LogP contribution in [-0.2, 0) is 0 Å². The lowest BCUT2D eigenvalue weighted by Crippen LogP contribution is -2.47. The van der Waals surface area contributed by atoms with Gasteiger partial charge in [-0.15, -0.1) is 0 Å². The van der Waals surface area contributed by atoms with Gasteiger partial charge in [0.1, 0.15) is 18.1 Å². The summed E-state index contributed by atoms with van der Waals surface area (Å²) in [5, 5.41) is 0. The summed E-state index contributed by atoms with van der Waals surface area (Å²) in [5.41, 5.74) is 1.17. The van der Waals surface area contributed by atoms with E-state index >= 15 is 0 Å². The Balaban J connectivity index is 1.46. The maximum atomic E-state index is 5.89. The highest BCUT2D eigenvalue weighted by molar-refractivity contribution is 5.58. The molecule has 0 atom stereocenters. The van der Waals surface area contributed by atoms with Crippen LogP contribution in [0.15, 0.2) is 42.5 Å².